The minimum absolute atomic E-state index is 0.0359. The quantitative estimate of drug-likeness (QED) is 0.944. The van der Waals surface area contributed by atoms with E-state index in [0.29, 0.717) is 12.4 Å². The lowest BCUT2D eigenvalue weighted by atomic mass is 10.2. The molecule has 3 nitrogen and oxygen atoms in total. The molecule has 1 N–H and O–H groups in total. The SMILES string of the molecule is OCc1cc(Br)ccc1OCc1cscn1. The topological polar surface area (TPSA) is 42.4 Å². The lowest BCUT2D eigenvalue weighted by Gasteiger charge is -2.09. The van der Waals surface area contributed by atoms with Gasteiger partial charge in [0.25, 0.3) is 0 Å². The van der Waals surface area contributed by atoms with E-state index in [9.17, 15) is 5.11 Å². The summed E-state index contributed by atoms with van der Waals surface area (Å²) in [6.07, 6.45) is 0. The van der Waals surface area contributed by atoms with E-state index < -0.39 is 0 Å². The Kier molecular flexibility index (Phi) is 3.93. The summed E-state index contributed by atoms with van der Waals surface area (Å²) >= 11 is 4.89. The Morgan fingerprint density at radius 3 is 3.00 bits per heavy atom. The molecule has 5 heteroatoms. The van der Waals surface area contributed by atoms with Crippen LogP contribution in [-0.2, 0) is 13.2 Å². The standard InChI is InChI=1S/C11H10BrNO2S/c12-9-1-2-11(8(3-9)4-14)15-5-10-6-16-7-13-10/h1-3,6-7,14H,4-5H2. The second kappa shape index (κ2) is 5.43. The Morgan fingerprint density at radius 1 is 1.44 bits per heavy atom. The lowest BCUT2D eigenvalue weighted by molar-refractivity contribution is 0.257. The molecule has 1 heterocycles. The van der Waals surface area contributed by atoms with Gasteiger partial charge in [-0.25, -0.2) is 4.98 Å². The van der Waals surface area contributed by atoms with Gasteiger partial charge in [0.05, 0.1) is 17.8 Å². The molecule has 0 amide bonds. The van der Waals surface area contributed by atoms with Crippen molar-refractivity contribution >= 4 is 27.3 Å². The van der Waals surface area contributed by atoms with Gasteiger partial charge in [0.15, 0.2) is 0 Å². The monoisotopic (exact) mass is 299 g/mol. The molecule has 0 fully saturated rings. The van der Waals surface area contributed by atoms with Crippen molar-refractivity contribution in [3.63, 3.8) is 0 Å². The van der Waals surface area contributed by atoms with Crippen LogP contribution in [0.4, 0.5) is 0 Å². The van der Waals surface area contributed by atoms with Gasteiger partial charge >= 0.3 is 0 Å². The van der Waals surface area contributed by atoms with Gasteiger partial charge in [-0.3, -0.25) is 0 Å². The number of rotatable bonds is 4. The molecule has 0 saturated carbocycles. The summed E-state index contributed by atoms with van der Waals surface area (Å²) in [5, 5.41) is 11.1. The molecule has 0 saturated heterocycles. The molecule has 0 atom stereocenters. The van der Waals surface area contributed by atoms with Crippen LogP contribution in [0, 0.1) is 0 Å². The third-order valence-corrected chi connectivity index (χ3v) is 3.18. The Morgan fingerprint density at radius 2 is 2.31 bits per heavy atom. The number of ether oxygens (including phenoxy) is 1. The van der Waals surface area contributed by atoms with Gasteiger partial charge in [-0.05, 0) is 18.2 Å². The summed E-state index contributed by atoms with van der Waals surface area (Å²) in [6, 6.07) is 5.56. The summed E-state index contributed by atoms with van der Waals surface area (Å²) in [5.74, 6) is 0.693. The van der Waals surface area contributed by atoms with Crippen molar-refractivity contribution in [2.24, 2.45) is 0 Å². The molecule has 0 spiro atoms. The molecule has 0 bridgehead atoms. The minimum Gasteiger partial charge on any atom is -0.487 e. The Hall–Kier alpha value is -0.910. The predicted octanol–water partition coefficient (Wildman–Crippen LogP) is 2.98. The third-order valence-electron chi connectivity index (χ3n) is 2.05. The van der Waals surface area contributed by atoms with E-state index in [4.69, 9.17) is 4.74 Å². The van der Waals surface area contributed by atoms with Crippen LogP contribution in [0.25, 0.3) is 0 Å². The number of thiazole rings is 1. The molecular formula is C11H10BrNO2S. The van der Waals surface area contributed by atoms with Crippen molar-refractivity contribution in [1.82, 2.24) is 4.98 Å². The number of benzene rings is 1. The molecule has 2 aromatic rings. The van der Waals surface area contributed by atoms with Crippen LogP contribution in [0.3, 0.4) is 0 Å². The van der Waals surface area contributed by atoms with Gasteiger partial charge in [-0.2, -0.15) is 0 Å². The average Bonchev–Trinajstić information content (AvgIpc) is 2.80. The molecule has 0 aliphatic heterocycles. The van der Waals surface area contributed by atoms with Gasteiger partial charge in [0.2, 0.25) is 0 Å². The number of aromatic nitrogens is 1. The number of aliphatic hydroxyl groups excluding tert-OH is 1. The Labute approximate surface area is 106 Å². The number of nitrogens with zero attached hydrogens (tertiary/aromatic N) is 1. The molecule has 1 aromatic carbocycles. The zero-order chi connectivity index (χ0) is 11.4. The number of aliphatic hydroxyl groups is 1. The summed E-state index contributed by atoms with van der Waals surface area (Å²) in [5.41, 5.74) is 3.44. The van der Waals surface area contributed by atoms with Crippen molar-refractivity contribution in [3.05, 3.63) is 44.8 Å². The molecule has 0 radical (unpaired) electrons. The van der Waals surface area contributed by atoms with Crippen LogP contribution >= 0.6 is 27.3 Å². The molecular weight excluding hydrogens is 290 g/mol. The van der Waals surface area contributed by atoms with E-state index in [1.165, 1.54) is 11.3 Å². The van der Waals surface area contributed by atoms with E-state index >= 15 is 0 Å². The predicted molar refractivity (Wildman–Crippen MR) is 66.5 cm³/mol. The second-order valence-electron chi connectivity index (χ2n) is 3.18. The zero-order valence-corrected chi connectivity index (χ0v) is 10.8. The summed E-state index contributed by atoms with van der Waals surface area (Å²) in [7, 11) is 0. The summed E-state index contributed by atoms with van der Waals surface area (Å²) < 4.78 is 6.52. The van der Waals surface area contributed by atoms with Crippen LogP contribution in [0.2, 0.25) is 0 Å². The lowest BCUT2D eigenvalue weighted by Crippen LogP contribution is -1.98. The van der Waals surface area contributed by atoms with Crippen LogP contribution in [0.15, 0.2) is 33.6 Å². The fourth-order valence-electron chi connectivity index (χ4n) is 1.27. The Balaban J connectivity index is 2.09. The number of halogens is 1. The fraction of sp³-hybridized carbons (Fsp3) is 0.182. The zero-order valence-electron chi connectivity index (χ0n) is 8.39. The van der Waals surface area contributed by atoms with Crippen molar-refractivity contribution < 1.29 is 9.84 Å². The van der Waals surface area contributed by atoms with Gasteiger partial charge in [-0.1, -0.05) is 15.9 Å². The number of hydrogen-bond acceptors (Lipinski definition) is 4. The van der Waals surface area contributed by atoms with E-state index in [-0.39, 0.29) is 6.61 Å². The highest BCUT2D eigenvalue weighted by atomic mass is 79.9. The normalized spacial score (nSPS) is 10.4. The van der Waals surface area contributed by atoms with E-state index in [1.54, 1.807) is 5.51 Å². The van der Waals surface area contributed by atoms with Crippen molar-refractivity contribution in [3.8, 4) is 5.75 Å². The molecule has 0 aliphatic rings. The molecule has 0 unspecified atom stereocenters. The van der Waals surface area contributed by atoms with Crippen LogP contribution in [0.5, 0.6) is 5.75 Å². The molecule has 0 aliphatic carbocycles. The molecule has 84 valence electrons. The first-order valence-corrected chi connectivity index (χ1v) is 6.42. The average molecular weight is 300 g/mol. The summed E-state index contributed by atoms with van der Waals surface area (Å²) in [6.45, 7) is 0.393. The van der Waals surface area contributed by atoms with Gasteiger partial charge in [0, 0.05) is 15.4 Å². The van der Waals surface area contributed by atoms with Crippen LogP contribution in [0.1, 0.15) is 11.3 Å². The number of hydrogen-bond donors (Lipinski definition) is 1. The van der Waals surface area contributed by atoms with Crippen LogP contribution < -0.4 is 4.74 Å². The highest BCUT2D eigenvalue weighted by molar-refractivity contribution is 9.10. The molecule has 16 heavy (non-hydrogen) atoms. The van der Waals surface area contributed by atoms with Crippen molar-refractivity contribution in [2.75, 3.05) is 0 Å². The van der Waals surface area contributed by atoms with Crippen molar-refractivity contribution in [2.45, 2.75) is 13.2 Å². The first-order valence-electron chi connectivity index (χ1n) is 4.69. The second-order valence-corrected chi connectivity index (χ2v) is 4.81. The van der Waals surface area contributed by atoms with Crippen molar-refractivity contribution in [1.29, 1.82) is 0 Å². The minimum atomic E-state index is -0.0359. The van der Waals surface area contributed by atoms with E-state index in [0.717, 1.165) is 15.7 Å². The van der Waals surface area contributed by atoms with Gasteiger partial charge in [-0.15, -0.1) is 11.3 Å². The first-order chi connectivity index (χ1) is 7.79. The highest BCUT2D eigenvalue weighted by Crippen LogP contribution is 2.24. The maximum Gasteiger partial charge on any atom is 0.131 e. The third kappa shape index (κ3) is 2.81. The van der Waals surface area contributed by atoms with Crippen LogP contribution in [-0.4, -0.2) is 10.1 Å². The fourth-order valence-corrected chi connectivity index (χ4v) is 2.22. The van der Waals surface area contributed by atoms with E-state index in [1.807, 2.05) is 23.6 Å². The van der Waals surface area contributed by atoms with Gasteiger partial charge < -0.3 is 9.84 Å². The van der Waals surface area contributed by atoms with E-state index in [2.05, 4.69) is 20.9 Å². The van der Waals surface area contributed by atoms with Gasteiger partial charge in [0.1, 0.15) is 12.4 Å². The maximum atomic E-state index is 9.19. The maximum absolute atomic E-state index is 9.19. The Bertz CT molecular complexity index is 459. The smallest absolute Gasteiger partial charge is 0.131 e. The molecule has 1 aromatic heterocycles. The first kappa shape index (κ1) is 11.6. The largest absolute Gasteiger partial charge is 0.487 e. The highest BCUT2D eigenvalue weighted by Gasteiger charge is 2.04. The summed E-state index contributed by atoms with van der Waals surface area (Å²) in [4.78, 5) is 4.13. The molecule has 2 rings (SSSR count).